The maximum absolute atomic E-state index is 11.7. The monoisotopic (exact) mass is 279 g/mol. The van der Waals surface area contributed by atoms with Crippen LogP contribution >= 0.6 is 0 Å². The van der Waals surface area contributed by atoms with Crippen molar-refractivity contribution in [2.45, 2.75) is 25.8 Å². The Bertz CT molecular complexity index is 461. The number of benzene rings is 1. The van der Waals surface area contributed by atoms with Crippen LogP contribution in [0.1, 0.15) is 19.8 Å². The van der Waals surface area contributed by atoms with Crippen molar-refractivity contribution < 1.29 is 14.3 Å². The van der Waals surface area contributed by atoms with Gasteiger partial charge in [-0.3, -0.25) is 9.59 Å². The van der Waals surface area contributed by atoms with E-state index in [2.05, 4.69) is 10.6 Å². The van der Waals surface area contributed by atoms with Gasteiger partial charge in [0.05, 0.1) is 0 Å². The molecule has 4 N–H and O–H groups in total. The molecular weight excluding hydrogens is 258 g/mol. The Labute approximate surface area is 118 Å². The third-order valence-corrected chi connectivity index (χ3v) is 2.53. The SMILES string of the molecule is COCC(=O)Nc1cccc(NC(=O)CCC(C)N)c1. The number of rotatable bonds is 7. The molecule has 0 fully saturated rings. The summed E-state index contributed by atoms with van der Waals surface area (Å²) in [6, 6.07) is 6.95. The summed E-state index contributed by atoms with van der Waals surface area (Å²) in [4.78, 5) is 23.1. The summed E-state index contributed by atoms with van der Waals surface area (Å²) in [7, 11) is 1.45. The third kappa shape index (κ3) is 6.31. The second-order valence-corrected chi connectivity index (χ2v) is 4.63. The van der Waals surface area contributed by atoms with E-state index in [1.807, 2.05) is 6.92 Å². The summed E-state index contributed by atoms with van der Waals surface area (Å²) in [5.74, 6) is -0.337. The van der Waals surface area contributed by atoms with E-state index in [1.165, 1.54) is 7.11 Å². The number of anilines is 2. The highest BCUT2D eigenvalue weighted by Crippen LogP contribution is 2.15. The van der Waals surface area contributed by atoms with Gasteiger partial charge in [0, 0.05) is 30.9 Å². The zero-order chi connectivity index (χ0) is 15.0. The highest BCUT2D eigenvalue weighted by Gasteiger charge is 2.06. The van der Waals surface area contributed by atoms with Crippen molar-refractivity contribution in [3.05, 3.63) is 24.3 Å². The van der Waals surface area contributed by atoms with Gasteiger partial charge in [-0.2, -0.15) is 0 Å². The van der Waals surface area contributed by atoms with Crippen LogP contribution in [0.3, 0.4) is 0 Å². The summed E-state index contributed by atoms with van der Waals surface area (Å²) in [6.45, 7) is 1.85. The van der Waals surface area contributed by atoms with Crippen LogP contribution in [0, 0.1) is 0 Å². The van der Waals surface area contributed by atoms with Crippen molar-refractivity contribution in [3.8, 4) is 0 Å². The zero-order valence-corrected chi connectivity index (χ0v) is 11.8. The fourth-order valence-electron chi connectivity index (χ4n) is 1.59. The summed E-state index contributed by atoms with van der Waals surface area (Å²) < 4.78 is 4.73. The molecule has 0 aromatic heterocycles. The summed E-state index contributed by atoms with van der Waals surface area (Å²) in [6.07, 6.45) is 1.01. The zero-order valence-electron chi connectivity index (χ0n) is 11.8. The fourth-order valence-corrected chi connectivity index (χ4v) is 1.59. The highest BCUT2D eigenvalue weighted by molar-refractivity contribution is 5.94. The van der Waals surface area contributed by atoms with Gasteiger partial charge in [-0.15, -0.1) is 0 Å². The lowest BCUT2D eigenvalue weighted by atomic mass is 10.2. The number of hydrogen-bond donors (Lipinski definition) is 3. The predicted octanol–water partition coefficient (Wildman–Crippen LogP) is 1.34. The molecule has 0 saturated heterocycles. The van der Waals surface area contributed by atoms with E-state index in [-0.39, 0.29) is 24.5 Å². The molecule has 1 unspecified atom stereocenters. The Morgan fingerprint density at radius 1 is 1.25 bits per heavy atom. The first-order valence-corrected chi connectivity index (χ1v) is 6.45. The molecule has 1 rings (SSSR count). The Morgan fingerprint density at radius 3 is 2.40 bits per heavy atom. The molecule has 0 aliphatic heterocycles. The first-order valence-electron chi connectivity index (χ1n) is 6.45. The molecular formula is C14H21N3O3. The summed E-state index contributed by atoms with van der Waals surface area (Å²) in [5.41, 5.74) is 6.84. The Kier molecular flexibility index (Phi) is 6.69. The number of carbonyl (C=O) groups is 2. The highest BCUT2D eigenvalue weighted by atomic mass is 16.5. The van der Waals surface area contributed by atoms with E-state index in [0.29, 0.717) is 24.2 Å². The fraction of sp³-hybridized carbons (Fsp3) is 0.429. The van der Waals surface area contributed by atoms with Crippen molar-refractivity contribution in [1.82, 2.24) is 0 Å². The van der Waals surface area contributed by atoms with Crippen LogP contribution in [0.2, 0.25) is 0 Å². The van der Waals surface area contributed by atoms with Crippen LogP contribution in [0.4, 0.5) is 11.4 Å². The molecule has 0 saturated carbocycles. The lowest BCUT2D eigenvalue weighted by Gasteiger charge is -2.09. The lowest BCUT2D eigenvalue weighted by Crippen LogP contribution is -2.20. The molecule has 1 aromatic carbocycles. The van der Waals surface area contributed by atoms with Crippen LogP contribution in [0.25, 0.3) is 0 Å². The normalized spacial score (nSPS) is 11.8. The molecule has 0 aliphatic rings. The number of hydrogen-bond acceptors (Lipinski definition) is 4. The largest absolute Gasteiger partial charge is 0.375 e. The second-order valence-electron chi connectivity index (χ2n) is 4.63. The number of ether oxygens (including phenoxy) is 1. The van der Waals surface area contributed by atoms with Crippen LogP contribution in [-0.2, 0) is 14.3 Å². The summed E-state index contributed by atoms with van der Waals surface area (Å²) in [5, 5.41) is 5.44. The molecule has 6 heteroatoms. The van der Waals surface area contributed by atoms with Gasteiger partial charge in [-0.25, -0.2) is 0 Å². The van der Waals surface area contributed by atoms with Crippen molar-refractivity contribution in [2.24, 2.45) is 5.73 Å². The molecule has 1 aromatic rings. The quantitative estimate of drug-likeness (QED) is 0.702. The van der Waals surface area contributed by atoms with E-state index >= 15 is 0 Å². The second kappa shape index (κ2) is 8.29. The molecule has 0 spiro atoms. The van der Waals surface area contributed by atoms with Crippen LogP contribution in [-0.4, -0.2) is 31.6 Å². The van der Waals surface area contributed by atoms with E-state index < -0.39 is 0 Å². The first-order chi connectivity index (χ1) is 9.51. The minimum absolute atomic E-state index is 0.000385. The average Bonchev–Trinajstić information content (AvgIpc) is 2.37. The van der Waals surface area contributed by atoms with Crippen molar-refractivity contribution >= 4 is 23.2 Å². The van der Waals surface area contributed by atoms with Crippen molar-refractivity contribution in [1.29, 1.82) is 0 Å². The molecule has 2 amide bonds. The molecule has 20 heavy (non-hydrogen) atoms. The van der Waals surface area contributed by atoms with E-state index in [1.54, 1.807) is 24.3 Å². The maximum Gasteiger partial charge on any atom is 0.250 e. The van der Waals surface area contributed by atoms with Gasteiger partial charge in [0.15, 0.2) is 0 Å². The minimum atomic E-state index is -0.243. The average molecular weight is 279 g/mol. The van der Waals surface area contributed by atoms with Gasteiger partial charge in [-0.1, -0.05) is 6.07 Å². The van der Waals surface area contributed by atoms with Gasteiger partial charge >= 0.3 is 0 Å². The lowest BCUT2D eigenvalue weighted by molar-refractivity contribution is -0.119. The van der Waals surface area contributed by atoms with Gasteiger partial charge in [0.25, 0.3) is 0 Å². The van der Waals surface area contributed by atoms with Crippen molar-refractivity contribution in [3.63, 3.8) is 0 Å². The number of amides is 2. The Balaban J connectivity index is 2.55. The molecule has 1 atom stereocenters. The van der Waals surface area contributed by atoms with E-state index in [9.17, 15) is 9.59 Å². The topological polar surface area (TPSA) is 93.5 Å². The van der Waals surface area contributed by atoms with E-state index in [0.717, 1.165) is 0 Å². The molecule has 0 heterocycles. The number of nitrogens with one attached hydrogen (secondary N) is 2. The first kappa shape index (κ1) is 16.1. The predicted molar refractivity (Wildman–Crippen MR) is 78.5 cm³/mol. The minimum Gasteiger partial charge on any atom is -0.375 e. The van der Waals surface area contributed by atoms with Gasteiger partial charge in [-0.05, 0) is 31.5 Å². The molecule has 6 nitrogen and oxygen atoms in total. The number of methoxy groups -OCH3 is 1. The molecule has 0 aliphatic carbocycles. The van der Waals surface area contributed by atoms with Gasteiger partial charge < -0.3 is 21.1 Å². The Morgan fingerprint density at radius 2 is 1.85 bits per heavy atom. The van der Waals surface area contributed by atoms with Crippen LogP contribution < -0.4 is 16.4 Å². The molecule has 110 valence electrons. The smallest absolute Gasteiger partial charge is 0.250 e. The van der Waals surface area contributed by atoms with Gasteiger partial charge in [0.2, 0.25) is 11.8 Å². The Hall–Kier alpha value is -1.92. The standard InChI is InChI=1S/C14H21N3O3/c1-10(15)6-7-13(18)16-11-4-3-5-12(8-11)17-14(19)9-20-2/h3-5,8,10H,6-7,9,15H2,1-2H3,(H,16,18)(H,17,19). The maximum atomic E-state index is 11.7. The van der Waals surface area contributed by atoms with E-state index in [4.69, 9.17) is 10.5 Å². The van der Waals surface area contributed by atoms with Crippen LogP contribution in [0.5, 0.6) is 0 Å². The third-order valence-electron chi connectivity index (χ3n) is 2.53. The van der Waals surface area contributed by atoms with Crippen molar-refractivity contribution in [2.75, 3.05) is 24.4 Å². The number of carbonyl (C=O) groups excluding carboxylic acids is 2. The van der Waals surface area contributed by atoms with Gasteiger partial charge in [0.1, 0.15) is 6.61 Å². The number of nitrogens with two attached hydrogens (primary N) is 1. The summed E-state index contributed by atoms with van der Waals surface area (Å²) >= 11 is 0. The molecule has 0 radical (unpaired) electrons. The molecule has 0 bridgehead atoms. The van der Waals surface area contributed by atoms with Crippen LogP contribution in [0.15, 0.2) is 24.3 Å².